The third-order valence-electron chi connectivity index (χ3n) is 6.18. The van der Waals surface area contributed by atoms with Crippen LogP contribution in [-0.2, 0) is 13.5 Å². The fraction of sp³-hybridized carbons (Fsp3) is 0.400. The summed E-state index contributed by atoms with van der Waals surface area (Å²) in [7, 11) is 1.99. The van der Waals surface area contributed by atoms with Gasteiger partial charge in [-0.15, -0.1) is 0 Å². The average Bonchev–Trinajstić information content (AvgIpc) is 3.14. The average molecular weight is 374 g/mol. The number of benzene rings is 2. The number of rotatable bonds is 6. The maximum atomic E-state index is 4.27. The van der Waals surface area contributed by atoms with E-state index in [1.807, 2.05) is 17.9 Å². The van der Waals surface area contributed by atoms with Crippen LogP contribution in [0.5, 0.6) is 0 Å². The van der Waals surface area contributed by atoms with E-state index >= 15 is 0 Å². The molecule has 0 radical (unpaired) electrons. The molecule has 0 amide bonds. The lowest BCUT2D eigenvalue weighted by Crippen LogP contribution is -2.34. The highest BCUT2D eigenvalue weighted by Gasteiger charge is 2.21. The Hall–Kier alpha value is -2.55. The van der Waals surface area contributed by atoms with Crippen LogP contribution in [0.1, 0.15) is 36.8 Å². The third kappa shape index (κ3) is 4.30. The van der Waals surface area contributed by atoms with Crippen LogP contribution in [0, 0.1) is 12.8 Å². The van der Waals surface area contributed by atoms with Gasteiger partial charge in [-0.2, -0.15) is 5.10 Å². The molecule has 1 saturated heterocycles. The molecule has 1 fully saturated rings. The van der Waals surface area contributed by atoms with Gasteiger partial charge in [0, 0.05) is 32.0 Å². The maximum Gasteiger partial charge on any atom is 0.0521 e. The highest BCUT2D eigenvalue weighted by molar-refractivity contribution is 5.74. The Labute approximate surface area is 169 Å². The summed E-state index contributed by atoms with van der Waals surface area (Å²) >= 11 is 0. The minimum Gasteiger partial charge on any atom is -0.371 e. The van der Waals surface area contributed by atoms with Gasteiger partial charge in [-0.05, 0) is 73.3 Å². The number of aryl methyl sites for hydroxylation is 2. The molecular weight excluding hydrogens is 342 g/mol. The third-order valence-corrected chi connectivity index (χ3v) is 6.18. The van der Waals surface area contributed by atoms with E-state index in [0.29, 0.717) is 0 Å². The van der Waals surface area contributed by atoms with Gasteiger partial charge in [-0.1, -0.05) is 42.5 Å². The summed E-state index contributed by atoms with van der Waals surface area (Å²) in [6.07, 6.45) is 10.5. The Morgan fingerprint density at radius 1 is 1.00 bits per heavy atom. The van der Waals surface area contributed by atoms with Crippen LogP contribution < -0.4 is 4.90 Å². The second-order valence-corrected chi connectivity index (χ2v) is 8.16. The second kappa shape index (κ2) is 8.64. The molecule has 0 spiro atoms. The van der Waals surface area contributed by atoms with Gasteiger partial charge >= 0.3 is 0 Å². The van der Waals surface area contributed by atoms with Crippen LogP contribution in [0.3, 0.4) is 0 Å². The van der Waals surface area contributed by atoms with Crippen molar-refractivity contribution in [2.75, 3.05) is 18.0 Å². The van der Waals surface area contributed by atoms with Gasteiger partial charge in [0.2, 0.25) is 0 Å². The zero-order valence-corrected chi connectivity index (χ0v) is 17.1. The van der Waals surface area contributed by atoms with E-state index in [0.717, 1.165) is 12.3 Å². The summed E-state index contributed by atoms with van der Waals surface area (Å²) in [6.45, 7) is 4.63. The van der Waals surface area contributed by atoms with E-state index in [1.54, 1.807) is 0 Å². The first-order valence-electron chi connectivity index (χ1n) is 10.6. The maximum absolute atomic E-state index is 4.27. The van der Waals surface area contributed by atoms with Crippen LogP contribution in [0.25, 0.3) is 11.1 Å². The fourth-order valence-corrected chi connectivity index (χ4v) is 4.55. The molecule has 3 aromatic rings. The SMILES string of the molecule is Cc1c(-c2ccccc2)cccc1N1CCC(CCCc2cnn(C)c2)CC1. The van der Waals surface area contributed by atoms with Gasteiger partial charge in [-0.25, -0.2) is 0 Å². The molecule has 4 rings (SSSR count). The van der Waals surface area contributed by atoms with E-state index < -0.39 is 0 Å². The van der Waals surface area contributed by atoms with Crippen molar-refractivity contribution in [1.29, 1.82) is 0 Å². The lowest BCUT2D eigenvalue weighted by atomic mass is 9.90. The first-order chi connectivity index (χ1) is 13.7. The molecule has 0 aliphatic carbocycles. The van der Waals surface area contributed by atoms with Crippen molar-refractivity contribution in [2.24, 2.45) is 13.0 Å². The summed E-state index contributed by atoms with van der Waals surface area (Å²) in [5.74, 6) is 0.866. The molecule has 1 aromatic heterocycles. The Bertz CT molecular complexity index is 889. The first kappa shape index (κ1) is 18.8. The number of hydrogen-bond acceptors (Lipinski definition) is 2. The van der Waals surface area contributed by atoms with E-state index in [1.165, 1.54) is 66.7 Å². The van der Waals surface area contributed by atoms with Gasteiger partial charge in [0.25, 0.3) is 0 Å². The van der Waals surface area contributed by atoms with Gasteiger partial charge in [0.1, 0.15) is 0 Å². The molecule has 1 aliphatic rings. The van der Waals surface area contributed by atoms with Crippen LogP contribution in [0.4, 0.5) is 5.69 Å². The summed E-state index contributed by atoms with van der Waals surface area (Å²) in [5, 5.41) is 4.27. The summed E-state index contributed by atoms with van der Waals surface area (Å²) < 4.78 is 1.90. The molecule has 0 N–H and O–H groups in total. The summed E-state index contributed by atoms with van der Waals surface area (Å²) in [4.78, 5) is 2.60. The number of hydrogen-bond donors (Lipinski definition) is 0. The van der Waals surface area contributed by atoms with Crippen molar-refractivity contribution in [3.63, 3.8) is 0 Å². The van der Waals surface area contributed by atoms with Crippen LogP contribution in [0.15, 0.2) is 60.9 Å². The lowest BCUT2D eigenvalue weighted by Gasteiger charge is -2.35. The summed E-state index contributed by atoms with van der Waals surface area (Å²) in [6, 6.07) is 17.5. The van der Waals surface area contributed by atoms with E-state index in [-0.39, 0.29) is 0 Å². The lowest BCUT2D eigenvalue weighted by molar-refractivity contribution is 0.373. The first-order valence-corrected chi connectivity index (χ1v) is 10.6. The predicted molar refractivity (Wildman–Crippen MR) is 118 cm³/mol. The molecule has 0 saturated carbocycles. The Morgan fingerprint density at radius 2 is 1.79 bits per heavy atom. The topological polar surface area (TPSA) is 21.1 Å². The minimum atomic E-state index is 0.866. The number of anilines is 1. The largest absolute Gasteiger partial charge is 0.371 e. The Balaban J connectivity index is 1.34. The molecule has 0 atom stereocenters. The predicted octanol–water partition coefficient (Wildman–Crippen LogP) is 5.63. The van der Waals surface area contributed by atoms with Gasteiger partial charge in [0.15, 0.2) is 0 Å². The zero-order valence-electron chi connectivity index (χ0n) is 17.1. The number of piperidine rings is 1. The summed E-state index contributed by atoms with van der Waals surface area (Å²) in [5.41, 5.74) is 6.86. The Morgan fingerprint density at radius 3 is 2.50 bits per heavy atom. The standard InChI is InChI=1S/C25H31N3/c1-20-24(23-10-4-3-5-11-23)12-7-13-25(20)28-16-14-21(15-17-28)8-6-9-22-18-26-27(2)19-22/h3-5,7,10-13,18-19,21H,6,8-9,14-17H2,1-2H3. The van der Waals surface area contributed by atoms with Crippen molar-refractivity contribution in [3.05, 3.63) is 72.1 Å². The highest BCUT2D eigenvalue weighted by Crippen LogP contribution is 2.33. The van der Waals surface area contributed by atoms with Crippen LogP contribution >= 0.6 is 0 Å². The van der Waals surface area contributed by atoms with Crippen molar-refractivity contribution in [2.45, 2.75) is 39.0 Å². The smallest absolute Gasteiger partial charge is 0.0521 e. The molecule has 0 bridgehead atoms. The monoisotopic (exact) mass is 373 g/mol. The van der Waals surface area contributed by atoms with Crippen molar-refractivity contribution in [1.82, 2.24) is 9.78 Å². The van der Waals surface area contributed by atoms with Gasteiger partial charge in [-0.3, -0.25) is 4.68 Å². The van der Waals surface area contributed by atoms with E-state index in [4.69, 9.17) is 0 Å². The molecule has 1 aliphatic heterocycles. The quantitative estimate of drug-likeness (QED) is 0.558. The van der Waals surface area contributed by atoms with Gasteiger partial charge in [0.05, 0.1) is 6.20 Å². The van der Waals surface area contributed by atoms with E-state index in [9.17, 15) is 0 Å². The molecule has 2 heterocycles. The van der Waals surface area contributed by atoms with Crippen molar-refractivity contribution >= 4 is 5.69 Å². The van der Waals surface area contributed by atoms with Crippen molar-refractivity contribution in [3.8, 4) is 11.1 Å². The zero-order chi connectivity index (χ0) is 19.3. The molecule has 3 heteroatoms. The fourth-order valence-electron chi connectivity index (χ4n) is 4.55. The van der Waals surface area contributed by atoms with Crippen LogP contribution in [-0.4, -0.2) is 22.9 Å². The van der Waals surface area contributed by atoms with Crippen LogP contribution in [0.2, 0.25) is 0 Å². The molecule has 0 unspecified atom stereocenters. The molecular formula is C25H31N3. The highest BCUT2D eigenvalue weighted by atomic mass is 15.2. The minimum absolute atomic E-state index is 0.866. The normalized spacial score (nSPS) is 15.1. The molecule has 28 heavy (non-hydrogen) atoms. The molecule has 2 aromatic carbocycles. The van der Waals surface area contributed by atoms with Gasteiger partial charge < -0.3 is 4.90 Å². The van der Waals surface area contributed by atoms with E-state index in [2.05, 4.69) is 71.7 Å². The van der Waals surface area contributed by atoms with Crippen molar-refractivity contribution < 1.29 is 0 Å². The molecule has 146 valence electrons. The number of aromatic nitrogens is 2. The Kier molecular flexibility index (Phi) is 5.80. The second-order valence-electron chi connectivity index (χ2n) is 8.16. The molecule has 3 nitrogen and oxygen atoms in total. The number of nitrogens with zero attached hydrogens (tertiary/aromatic N) is 3.